The van der Waals surface area contributed by atoms with Crippen LogP contribution >= 0.6 is 0 Å². The third kappa shape index (κ3) is 7.28. The van der Waals surface area contributed by atoms with E-state index >= 15 is 0 Å². The molecule has 10 heteroatoms. The van der Waals surface area contributed by atoms with Crippen molar-refractivity contribution in [3.8, 4) is 5.75 Å². The van der Waals surface area contributed by atoms with Gasteiger partial charge in [0.1, 0.15) is 5.75 Å². The Bertz CT molecular complexity index is 1070. The molecule has 0 aliphatic carbocycles. The van der Waals surface area contributed by atoms with Gasteiger partial charge in [0.2, 0.25) is 21.8 Å². The number of hydrogen-bond donors (Lipinski definition) is 2. The molecule has 9 nitrogen and oxygen atoms in total. The quantitative estimate of drug-likeness (QED) is 0.473. The minimum atomic E-state index is -3.87. The second kappa shape index (κ2) is 12.5. The number of benzene rings is 2. The lowest BCUT2D eigenvalue weighted by atomic mass is 10.0. The van der Waals surface area contributed by atoms with Crippen molar-refractivity contribution >= 4 is 27.5 Å². The van der Waals surface area contributed by atoms with Crippen LogP contribution in [0.3, 0.4) is 0 Å². The number of methoxy groups -OCH3 is 1. The minimum absolute atomic E-state index is 0.0364. The topological polar surface area (TPSA) is 108 Å². The van der Waals surface area contributed by atoms with Crippen LogP contribution in [0, 0.1) is 0 Å². The Morgan fingerprint density at radius 3 is 2.26 bits per heavy atom. The van der Waals surface area contributed by atoms with E-state index in [-0.39, 0.29) is 23.4 Å². The molecule has 2 rings (SSSR count). The van der Waals surface area contributed by atoms with E-state index in [4.69, 9.17) is 4.74 Å². The average Bonchev–Trinajstić information content (AvgIpc) is 2.81. The smallest absolute Gasteiger partial charge is 0.243 e. The maximum absolute atomic E-state index is 12.9. The lowest BCUT2D eigenvalue weighted by molar-refractivity contribution is -0.121. The van der Waals surface area contributed by atoms with E-state index in [9.17, 15) is 18.0 Å². The molecule has 0 spiro atoms. The zero-order chi connectivity index (χ0) is 25.3. The van der Waals surface area contributed by atoms with Gasteiger partial charge in [0.25, 0.3) is 0 Å². The zero-order valence-electron chi connectivity index (χ0n) is 20.4. The molecule has 34 heavy (non-hydrogen) atoms. The molecular formula is C24H34N4O5S. The van der Waals surface area contributed by atoms with Crippen molar-refractivity contribution in [1.82, 2.24) is 14.5 Å². The van der Waals surface area contributed by atoms with Gasteiger partial charge in [-0.15, -0.1) is 0 Å². The van der Waals surface area contributed by atoms with Crippen molar-refractivity contribution in [1.29, 1.82) is 0 Å². The summed E-state index contributed by atoms with van der Waals surface area (Å²) in [4.78, 5) is 26.1. The van der Waals surface area contributed by atoms with Crippen LogP contribution in [0.1, 0.15) is 32.4 Å². The lowest BCUT2D eigenvalue weighted by Crippen LogP contribution is -2.42. The highest BCUT2D eigenvalue weighted by atomic mass is 32.2. The van der Waals surface area contributed by atoms with E-state index in [0.29, 0.717) is 12.2 Å². The summed E-state index contributed by atoms with van der Waals surface area (Å²) < 4.78 is 32.1. The van der Waals surface area contributed by atoms with Gasteiger partial charge in [-0.25, -0.2) is 8.42 Å². The molecule has 0 bridgehead atoms. The highest BCUT2D eigenvalue weighted by Crippen LogP contribution is 2.24. The number of carbonyl (C=O) groups excluding carboxylic acids is 2. The van der Waals surface area contributed by atoms with Crippen LogP contribution in [0.4, 0.5) is 5.69 Å². The second-order valence-electron chi connectivity index (χ2n) is 7.78. The number of hydrogen-bond acceptors (Lipinski definition) is 6. The molecule has 0 aliphatic heterocycles. The van der Waals surface area contributed by atoms with Crippen molar-refractivity contribution in [2.75, 3.05) is 45.7 Å². The summed E-state index contributed by atoms with van der Waals surface area (Å²) in [5.41, 5.74) is 1.50. The molecule has 0 heterocycles. The Labute approximate surface area is 202 Å². The van der Waals surface area contributed by atoms with E-state index in [2.05, 4.69) is 29.4 Å². The molecular weight excluding hydrogens is 456 g/mol. The molecule has 2 amide bonds. The summed E-state index contributed by atoms with van der Waals surface area (Å²) in [5, 5.41) is 5.47. The van der Waals surface area contributed by atoms with Gasteiger partial charge in [-0.3, -0.25) is 14.5 Å². The monoisotopic (exact) mass is 490 g/mol. The molecule has 0 radical (unpaired) electrons. The van der Waals surface area contributed by atoms with Gasteiger partial charge in [-0.1, -0.05) is 26.0 Å². The molecule has 1 atom stereocenters. The molecule has 186 valence electrons. The third-order valence-corrected chi connectivity index (χ3v) is 7.29. The molecule has 2 N–H and O–H groups in total. The summed E-state index contributed by atoms with van der Waals surface area (Å²) in [6.45, 7) is 7.06. The molecule has 0 aliphatic rings. The van der Waals surface area contributed by atoms with Gasteiger partial charge in [-0.05, 0) is 55.1 Å². The van der Waals surface area contributed by atoms with E-state index in [1.807, 2.05) is 24.3 Å². The predicted octanol–water partition coefficient (Wildman–Crippen LogP) is 2.47. The summed E-state index contributed by atoms with van der Waals surface area (Å²) in [5.74, 6) is 0.0821. The highest BCUT2D eigenvalue weighted by Gasteiger charge is 2.24. The number of rotatable bonds is 12. The minimum Gasteiger partial charge on any atom is -0.497 e. The number of amides is 2. The zero-order valence-corrected chi connectivity index (χ0v) is 21.2. The number of nitrogens with one attached hydrogen (secondary N) is 2. The maximum atomic E-state index is 12.9. The molecule has 0 saturated carbocycles. The number of anilines is 1. The van der Waals surface area contributed by atoms with Crippen molar-refractivity contribution in [3.63, 3.8) is 0 Å². The van der Waals surface area contributed by atoms with Crippen molar-refractivity contribution in [2.45, 2.75) is 31.7 Å². The summed E-state index contributed by atoms with van der Waals surface area (Å²) >= 11 is 0. The first-order valence-electron chi connectivity index (χ1n) is 11.1. The molecule has 0 aromatic heterocycles. The SMILES string of the molecule is CCN(CC)[C@H](CNC(=O)CN(C)S(=O)(=O)c1ccc(NC(C)=O)cc1)c1cccc(OC)c1. The van der Waals surface area contributed by atoms with E-state index in [1.54, 1.807) is 7.11 Å². The van der Waals surface area contributed by atoms with Gasteiger partial charge in [0.05, 0.1) is 24.6 Å². The van der Waals surface area contributed by atoms with E-state index in [1.165, 1.54) is 38.2 Å². The van der Waals surface area contributed by atoms with Gasteiger partial charge in [-0.2, -0.15) is 4.31 Å². The van der Waals surface area contributed by atoms with Crippen molar-refractivity contribution in [2.24, 2.45) is 0 Å². The first-order valence-corrected chi connectivity index (χ1v) is 12.5. The van der Waals surface area contributed by atoms with Gasteiger partial charge in [0, 0.05) is 26.2 Å². The Kier molecular flexibility index (Phi) is 10.0. The first kappa shape index (κ1) is 27.3. The highest BCUT2D eigenvalue weighted by molar-refractivity contribution is 7.89. The van der Waals surface area contributed by atoms with Crippen LogP contribution < -0.4 is 15.4 Å². The third-order valence-electron chi connectivity index (χ3n) is 5.47. The fourth-order valence-electron chi connectivity index (χ4n) is 3.62. The Hall–Kier alpha value is -2.95. The number of ether oxygens (including phenoxy) is 1. The number of nitrogens with zero attached hydrogens (tertiary/aromatic N) is 2. The Balaban J connectivity index is 2.07. The molecule has 2 aromatic rings. The normalized spacial score (nSPS) is 12.4. The van der Waals surface area contributed by atoms with Gasteiger partial charge < -0.3 is 15.4 Å². The van der Waals surface area contributed by atoms with Crippen LogP contribution in [0.15, 0.2) is 53.4 Å². The van der Waals surface area contributed by atoms with E-state index < -0.39 is 15.9 Å². The maximum Gasteiger partial charge on any atom is 0.243 e. The second-order valence-corrected chi connectivity index (χ2v) is 9.83. The van der Waals surface area contributed by atoms with Crippen molar-refractivity contribution < 1.29 is 22.7 Å². The fourth-order valence-corrected chi connectivity index (χ4v) is 4.75. The number of sulfonamides is 1. The number of carbonyl (C=O) groups is 2. The Morgan fingerprint density at radius 2 is 1.71 bits per heavy atom. The Morgan fingerprint density at radius 1 is 1.06 bits per heavy atom. The van der Waals surface area contributed by atoms with Gasteiger partial charge >= 0.3 is 0 Å². The van der Waals surface area contributed by atoms with Gasteiger partial charge in [0.15, 0.2) is 0 Å². The van der Waals surface area contributed by atoms with Crippen LogP contribution in [-0.4, -0.2) is 69.8 Å². The first-order chi connectivity index (χ1) is 16.1. The largest absolute Gasteiger partial charge is 0.497 e. The summed E-state index contributed by atoms with van der Waals surface area (Å²) in [6.07, 6.45) is 0. The van der Waals surface area contributed by atoms with Crippen molar-refractivity contribution in [3.05, 3.63) is 54.1 Å². The van der Waals surface area contributed by atoms with Crippen LogP contribution in [-0.2, 0) is 19.6 Å². The fraction of sp³-hybridized carbons (Fsp3) is 0.417. The lowest BCUT2D eigenvalue weighted by Gasteiger charge is -2.30. The molecule has 0 saturated heterocycles. The van der Waals surface area contributed by atoms with E-state index in [0.717, 1.165) is 28.7 Å². The molecule has 0 fully saturated rings. The van der Waals surface area contributed by atoms with Crippen LogP contribution in [0.25, 0.3) is 0 Å². The summed E-state index contributed by atoms with van der Waals surface area (Å²) in [6, 6.07) is 13.4. The molecule has 0 unspecified atom stereocenters. The van der Waals surface area contributed by atoms with Crippen LogP contribution in [0.5, 0.6) is 5.75 Å². The summed E-state index contributed by atoms with van der Waals surface area (Å²) in [7, 11) is -0.902. The molecule has 2 aromatic carbocycles. The standard InChI is InChI=1S/C24H34N4O5S/c1-6-28(7-2)23(19-9-8-10-21(15-19)33-5)16-25-24(30)17-27(4)34(31,32)22-13-11-20(12-14-22)26-18(3)29/h8-15,23H,6-7,16-17H2,1-5H3,(H,25,30)(H,26,29)/t23-/m1/s1. The average molecular weight is 491 g/mol. The van der Waals surface area contributed by atoms with Crippen LogP contribution in [0.2, 0.25) is 0 Å². The number of likely N-dealkylation sites (N-methyl/N-ethyl adjacent to an activating group) is 2. The predicted molar refractivity (Wildman–Crippen MR) is 132 cm³/mol.